The Hall–Kier alpha value is -3.88. The molecule has 0 radical (unpaired) electrons. The topological polar surface area (TPSA) is 79.4 Å². The Bertz CT molecular complexity index is 1590. The van der Waals surface area contributed by atoms with E-state index in [0.717, 1.165) is 35.1 Å². The van der Waals surface area contributed by atoms with Crippen molar-refractivity contribution in [2.24, 2.45) is 0 Å². The molecule has 40 heavy (non-hydrogen) atoms. The SMILES string of the molecule is CCc1ccc(S(=O)(=O)NC2CCc3ccc(N(Cc4cccc(F)n4)C(=O)CCc4ccccc4)cc32)cc1. The highest BCUT2D eigenvalue weighted by molar-refractivity contribution is 7.89. The Morgan fingerprint density at radius 2 is 1.75 bits per heavy atom. The number of rotatable bonds is 10. The summed E-state index contributed by atoms with van der Waals surface area (Å²) in [4.78, 5) is 19.4. The summed E-state index contributed by atoms with van der Waals surface area (Å²) in [6.07, 6.45) is 3.01. The fourth-order valence-corrected chi connectivity index (χ4v) is 6.34. The number of halogens is 1. The van der Waals surface area contributed by atoms with Gasteiger partial charge < -0.3 is 4.90 Å². The van der Waals surface area contributed by atoms with Gasteiger partial charge in [-0.2, -0.15) is 4.39 Å². The van der Waals surface area contributed by atoms with Gasteiger partial charge in [-0.1, -0.05) is 61.5 Å². The molecule has 8 heteroatoms. The molecule has 1 atom stereocenters. The Kier molecular flexibility index (Phi) is 8.38. The standard InChI is InChI=1S/C32H32FN3O3S/c1-2-23-11-17-28(18-12-23)40(38,39)35-30-19-15-25-14-16-27(21-29(25)30)36(22-26-9-6-10-31(33)34-26)32(37)20-13-24-7-4-3-5-8-24/h3-12,14,16-18,21,30,35H,2,13,15,19-20,22H2,1H3. The maximum absolute atomic E-state index is 13.9. The summed E-state index contributed by atoms with van der Waals surface area (Å²) in [5.74, 6) is -0.731. The van der Waals surface area contributed by atoms with Gasteiger partial charge in [0.1, 0.15) is 0 Å². The smallest absolute Gasteiger partial charge is 0.241 e. The van der Waals surface area contributed by atoms with Crippen molar-refractivity contribution in [3.63, 3.8) is 0 Å². The monoisotopic (exact) mass is 557 g/mol. The van der Waals surface area contributed by atoms with Crippen LogP contribution >= 0.6 is 0 Å². The lowest BCUT2D eigenvalue weighted by Gasteiger charge is -2.24. The van der Waals surface area contributed by atoms with Crippen molar-refractivity contribution >= 4 is 21.6 Å². The van der Waals surface area contributed by atoms with Gasteiger partial charge in [0.15, 0.2) is 0 Å². The minimum Gasteiger partial charge on any atom is -0.306 e. The third-order valence-electron chi connectivity index (χ3n) is 7.32. The van der Waals surface area contributed by atoms with Gasteiger partial charge in [0.25, 0.3) is 0 Å². The number of nitrogens with one attached hydrogen (secondary N) is 1. The van der Waals surface area contributed by atoms with E-state index in [1.165, 1.54) is 6.07 Å². The molecule has 0 bridgehead atoms. The highest BCUT2D eigenvalue weighted by Crippen LogP contribution is 2.36. The molecule has 0 aliphatic heterocycles. The highest BCUT2D eigenvalue weighted by atomic mass is 32.2. The highest BCUT2D eigenvalue weighted by Gasteiger charge is 2.29. The molecule has 0 fully saturated rings. The first kappa shape index (κ1) is 27.7. The van der Waals surface area contributed by atoms with Gasteiger partial charge in [-0.15, -0.1) is 0 Å². The Balaban J connectivity index is 1.41. The van der Waals surface area contributed by atoms with Crippen LogP contribution in [0.1, 0.15) is 53.8 Å². The number of anilines is 1. The van der Waals surface area contributed by atoms with Crippen LogP contribution in [0.15, 0.2) is 95.9 Å². The Labute approximate surface area is 234 Å². The number of aromatic nitrogens is 1. The summed E-state index contributed by atoms with van der Waals surface area (Å²) in [6, 6.07) is 26.5. The van der Waals surface area contributed by atoms with E-state index in [0.29, 0.717) is 24.2 Å². The first-order chi connectivity index (χ1) is 19.3. The second-order valence-corrected chi connectivity index (χ2v) is 11.7. The lowest BCUT2D eigenvalue weighted by atomic mass is 10.1. The number of amides is 1. The van der Waals surface area contributed by atoms with Crippen LogP contribution in [-0.2, 0) is 40.6 Å². The predicted molar refractivity (Wildman–Crippen MR) is 154 cm³/mol. The fraction of sp³-hybridized carbons (Fsp3) is 0.250. The van der Waals surface area contributed by atoms with E-state index < -0.39 is 22.0 Å². The van der Waals surface area contributed by atoms with E-state index in [9.17, 15) is 17.6 Å². The lowest BCUT2D eigenvalue weighted by molar-refractivity contribution is -0.118. The average Bonchev–Trinajstić information content (AvgIpc) is 3.36. The van der Waals surface area contributed by atoms with Gasteiger partial charge in [-0.3, -0.25) is 4.79 Å². The van der Waals surface area contributed by atoms with Gasteiger partial charge in [-0.25, -0.2) is 18.1 Å². The van der Waals surface area contributed by atoms with E-state index in [1.807, 2.05) is 67.6 Å². The van der Waals surface area contributed by atoms with Crippen molar-refractivity contribution < 1.29 is 17.6 Å². The van der Waals surface area contributed by atoms with Crippen LogP contribution in [0, 0.1) is 5.95 Å². The first-order valence-corrected chi connectivity index (χ1v) is 15.0. The number of carbonyl (C=O) groups is 1. The minimum atomic E-state index is -3.74. The number of pyridine rings is 1. The molecule has 1 aromatic heterocycles. The lowest BCUT2D eigenvalue weighted by Crippen LogP contribution is -2.31. The third kappa shape index (κ3) is 6.46. The van der Waals surface area contributed by atoms with Crippen LogP contribution in [-0.4, -0.2) is 19.3 Å². The van der Waals surface area contributed by atoms with Crippen molar-refractivity contribution in [3.05, 3.63) is 125 Å². The molecule has 1 aliphatic carbocycles. The second kappa shape index (κ2) is 12.1. The van der Waals surface area contributed by atoms with E-state index in [2.05, 4.69) is 9.71 Å². The number of hydrogen-bond donors (Lipinski definition) is 1. The van der Waals surface area contributed by atoms with Crippen molar-refractivity contribution in [2.45, 2.75) is 56.5 Å². The van der Waals surface area contributed by atoms with Crippen molar-refractivity contribution in [3.8, 4) is 0 Å². The number of sulfonamides is 1. The average molecular weight is 558 g/mol. The van der Waals surface area contributed by atoms with E-state index in [1.54, 1.807) is 29.2 Å². The van der Waals surface area contributed by atoms with Gasteiger partial charge in [0.2, 0.25) is 21.9 Å². The molecule has 3 aromatic carbocycles. The third-order valence-corrected chi connectivity index (χ3v) is 8.81. The second-order valence-electron chi connectivity index (χ2n) is 10.0. The maximum Gasteiger partial charge on any atom is 0.241 e. The molecule has 5 rings (SSSR count). The molecule has 206 valence electrons. The number of hydrogen-bond acceptors (Lipinski definition) is 4. The van der Waals surface area contributed by atoms with Crippen LogP contribution in [0.25, 0.3) is 0 Å². The van der Waals surface area contributed by atoms with Crippen LogP contribution in [0.3, 0.4) is 0 Å². The zero-order valence-corrected chi connectivity index (χ0v) is 23.2. The molecule has 0 spiro atoms. The zero-order chi connectivity index (χ0) is 28.1. The number of benzene rings is 3. The van der Waals surface area contributed by atoms with Crippen molar-refractivity contribution in [1.29, 1.82) is 0 Å². The number of nitrogens with zero attached hydrogens (tertiary/aromatic N) is 2. The summed E-state index contributed by atoms with van der Waals surface area (Å²) in [5, 5.41) is 0. The Morgan fingerprint density at radius 1 is 0.975 bits per heavy atom. The molecule has 1 aliphatic rings. The molecule has 1 amide bonds. The fourth-order valence-electron chi connectivity index (χ4n) is 5.09. The molecule has 0 saturated heterocycles. The largest absolute Gasteiger partial charge is 0.306 e. The molecule has 4 aromatic rings. The van der Waals surface area contributed by atoms with Crippen LogP contribution in [0.2, 0.25) is 0 Å². The molecule has 1 heterocycles. The van der Waals surface area contributed by atoms with E-state index in [4.69, 9.17) is 0 Å². The molecule has 1 unspecified atom stereocenters. The minimum absolute atomic E-state index is 0.102. The first-order valence-electron chi connectivity index (χ1n) is 13.5. The van der Waals surface area contributed by atoms with Crippen molar-refractivity contribution in [1.82, 2.24) is 9.71 Å². The zero-order valence-electron chi connectivity index (χ0n) is 22.4. The number of aryl methyl sites for hydroxylation is 3. The Morgan fingerprint density at radius 3 is 2.48 bits per heavy atom. The van der Waals surface area contributed by atoms with Crippen molar-refractivity contribution in [2.75, 3.05) is 4.90 Å². The molecular weight excluding hydrogens is 525 g/mol. The summed E-state index contributed by atoms with van der Waals surface area (Å²) < 4.78 is 43.1. The van der Waals surface area contributed by atoms with Crippen LogP contribution in [0.4, 0.5) is 10.1 Å². The van der Waals surface area contributed by atoms with E-state index >= 15 is 0 Å². The molecule has 0 saturated carbocycles. The van der Waals surface area contributed by atoms with Gasteiger partial charge in [-0.05, 0) is 84.3 Å². The predicted octanol–water partition coefficient (Wildman–Crippen LogP) is 5.91. The number of fused-ring (bicyclic) bond motifs is 1. The maximum atomic E-state index is 13.9. The molecular formula is C32H32FN3O3S. The summed E-state index contributed by atoms with van der Waals surface area (Å²) in [6.45, 7) is 2.12. The van der Waals surface area contributed by atoms with Gasteiger partial charge in [0.05, 0.1) is 17.1 Å². The normalized spacial score (nSPS) is 14.6. The van der Waals surface area contributed by atoms with Crippen LogP contribution in [0.5, 0.6) is 0 Å². The summed E-state index contributed by atoms with van der Waals surface area (Å²) >= 11 is 0. The number of carbonyl (C=O) groups excluding carboxylic acids is 1. The molecule has 6 nitrogen and oxygen atoms in total. The summed E-state index contributed by atoms with van der Waals surface area (Å²) in [5.41, 5.74) is 5.06. The van der Waals surface area contributed by atoms with Gasteiger partial charge in [0, 0.05) is 18.2 Å². The van der Waals surface area contributed by atoms with Crippen LogP contribution < -0.4 is 9.62 Å². The molecule has 1 N–H and O–H groups in total. The van der Waals surface area contributed by atoms with E-state index in [-0.39, 0.29) is 23.8 Å². The van der Waals surface area contributed by atoms with Gasteiger partial charge >= 0.3 is 0 Å². The summed E-state index contributed by atoms with van der Waals surface area (Å²) in [7, 11) is -3.74. The quantitative estimate of drug-likeness (QED) is 0.246.